The van der Waals surface area contributed by atoms with E-state index in [9.17, 15) is 0 Å². The van der Waals surface area contributed by atoms with Crippen LogP contribution in [-0.4, -0.2) is 20.8 Å². The maximum absolute atomic E-state index is 8.25. The van der Waals surface area contributed by atoms with E-state index < -0.39 is 5.09 Å². The lowest BCUT2D eigenvalue weighted by molar-refractivity contribution is -0.402. The van der Waals surface area contributed by atoms with Crippen LogP contribution < -0.4 is 11.1 Å². The molecule has 0 aliphatic heterocycles. The van der Waals surface area contributed by atoms with Gasteiger partial charge in [-0.1, -0.05) is 0 Å². The zero-order chi connectivity index (χ0) is 11.3. The van der Waals surface area contributed by atoms with E-state index in [1.807, 2.05) is 13.8 Å². The second kappa shape index (κ2) is 4.80. The fourth-order valence-corrected chi connectivity index (χ4v) is 0.678. The Labute approximate surface area is 79.6 Å². The number of nitrogens with zero attached hydrogens (tertiary/aromatic N) is 3. The van der Waals surface area contributed by atoms with Crippen molar-refractivity contribution in [2.45, 2.75) is 13.8 Å². The van der Waals surface area contributed by atoms with Gasteiger partial charge < -0.3 is 15.3 Å². The first kappa shape index (κ1) is 11.9. The van der Waals surface area contributed by atoms with Gasteiger partial charge in [-0.05, 0) is 13.8 Å². The van der Waals surface area contributed by atoms with Gasteiger partial charge >= 0.3 is 5.96 Å². The minimum atomic E-state index is -1.75. The van der Waals surface area contributed by atoms with Crippen LogP contribution in [-0.2, 0) is 0 Å². The second-order valence-electron chi connectivity index (χ2n) is 2.49. The summed E-state index contributed by atoms with van der Waals surface area (Å²) in [5, 5.41) is 24.1. The Morgan fingerprint density at radius 2 is 2.07 bits per heavy atom. The van der Waals surface area contributed by atoms with E-state index in [1.54, 1.807) is 6.20 Å². The number of aromatic nitrogens is 2. The Hall–Kier alpha value is -2.12. The van der Waals surface area contributed by atoms with Gasteiger partial charge in [-0.3, -0.25) is 11.1 Å². The molecule has 0 saturated heterocycles. The van der Waals surface area contributed by atoms with Gasteiger partial charge in [0.15, 0.2) is 0 Å². The number of nitrogens with two attached hydrogens (primary N) is 2. The molecule has 0 aliphatic carbocycles. The molecule has 0 aliphatic rings. The Kier molecular flexibility index (Phi) is 4.07. The summed E-state index contributed by atoms with van der Waals surface area (Å²) in [4.78, 5) is 8.25. The van der Waals surface area contributed by atoms with E-state index >= 15 is 0 Å². The Balaban J connectivity index is 0.000000364. The van der Waals surface area contributed by atoms with E-state index in [1.165, 1.54) is 4.68 Å². The summed E-state index contributed by atoms with van der Waals surface area (Å²) in [5.41, 5.74) is 7.33. The van der Waals surface area contributed by atoms with E-state index in [-0.39, 0.29) is 5.96 Å². The van der Waals surface area contributed by atoms with Gasteiger partial charge in [0.25, 0.3) is 0 Å². The third-order valence-electron chi connectivity index (χ3n) is 1.41. The van der Waals surface area contributed by atoms with Gasteiger partial charge in [-0.25, -0.2) is 0 Å². The summed E-state index contributed by atoms with van der Waals surface area (Å²) in [6, 6.07) is 0. The highest BCUT2D eigenvalue weighted by Gasteiger charge is 2.06. The van der Waals surface area contributed by atoms with Crippen LogP contribution in [0.1, 0.15) is 11.3 Å². The smallest absolute Gasteiger partial charge is 0.356 e. The zero-order valence-electron chi connectivity index (χ0n) is 7.80. The van der Waals surface area contributed by atoms with Crippen LogP contribution in [0, 0.1) is 29.2 Å². The van der Waals surface area contributed by atoms with Crippen LogP contribution in [0.25, 0.3) is 0 Å². The molecule has 1 rings (SSSR count). The van der Waals surface area contributed by atoms with Crippen molar-refractivity contribution in [2.75, 3.05) is 0 Å². The lowest BCUT2D eigenvalue weighted by atomic mass is 10.3. The van der Waals surface area contributed by atoms with E-state index in [0.29, 0.717) is 0 Å². The van der Waals surface area contributed by atoms with Crippen LogP contribution in [0.2, 0.25) is 0 Å². The predicted octanol–water partition coefficient (Wildman–Crippen LogP) is -1.82. The monoisotopic (exact) mass is 201 g/mol. The molecule has 0 fully saturated rings. The highest BCUT2D eigenvalue weighted by molar-refractivity contribution is 5.73. The maximum Gasteiger partial charge on any atom is 0.369 e. The average molecular weight is 201 g/mol. The van der Waals surface area contributed by atoms with Crippen LogP contribution >= 0.6 is 0 Å². The summed E-state index contributed by atoms with van der Waals surface area (Å²) in [6.07, 6.45) is 1.80. The summed E-state index contributed by atoms with van der Waals surface area (Å²) in [7, 11) is 0. The molecule has 0 atom stereocenters. The number of hydrogen-bond acceptors (Lipinski definition) is 4. The summed E-state index contributed by atoms with van der Waals surface area (Å²) in [5.74, 6) is 0.205. The molecule has 78 valence electrons. The van der Waals surface area contributed by atoms with Crippen molar-refractivity contribution in [3.8, 4) is 0 Å². The van der Waals surface area contributed by atoms with Gasteiger partial charge in [-0.2, -0.15) is 0 Å². The van der Waals surface area contributed by atoms with Crippen LogP contribution in [0.4, 0.5) is 0 Å². The lowest BCUT2D eigenvalue weighted by Gasteiger charge is -1.83. The van der Waals surface area contributed by atoms with E-state index in [4.69, 9.17) is 26.5 Å². The molecular formula is C6H11N5O3. The molecule has 0 bridgehead atoms. The Bertz CT molecular complexity index is 322. The van der Waals surface area contributed by atoms with Crippen molar-refractivity contribution < 1.29 is 10.5 Å². The number of aryl methyl sites for hydroxylation is 2. The van der Waals surface area contributed by atoms with Gasteiger partial charge in [0.1, 0.15) is 0 Å². The minimum Gasteiger partial charge on any atom is -0.356 e. The van der Waals surface area contributed by atoms with Crippen molar-refractivity contribution in [1.29, 1.82) is 0 Å². The SMILES string of the molecule is Cc1cn(C(N)=[NH2+])nc1C.O=[N+]([O-])[O-]. The van der Waals surface area contributed by atoms with E-state index in [2.05, 4.69) is 5.10 Å². The fraction of sp³-hybridized carbons (Fsp3) is 0.333. The quantitative estimate of drug-likeness (QED) is 0.220. The zero-order valence-corrected chi connectivity index (χ0v) is 7.80. The maximum atomic E-state index is 8.25. The highest BCUT2D eigenvalue weighted by atomic mass is 16.9. The molecule has 0 spiro atoms. The van der Waals surface area contributed by atoms with Gasteiger partial charge in [0.05, 0.1) is 17.0 Å². The largest absolute Gasteiger partial charge is 0.369 e. The third-order valence-corrected chi connectivity index (χ3v) is 1.41. The second-order valence-corrected chi connectivity index (χ2v) is 2.49. The first-order chi connectivity index (χ1) is 6.34. The van der Waals surface area contributed by atoms with Crippen molar-refractivity contribution in [1.82, 2.24) is 9.78 Å². The molecule has 0 saturated carbocycles. The molecule has 8 nitrogen and oxygen atoms in total. The highest BCUT2D eigenvalue weighted by Crippen LogP contribution is 2.00. The molecule has 0 unspecified atom stereocenters. The van der Waals surface area contributed by atoms with Crippen LogP contribution in [0.15, 0.2) is 6.20 Å². The fourth-order valence-electron chi connectivity index (χ4n) is 0.678. The Morgan fingerprint density at radius 1 is 1.64 bits per heavy atom. The molecule has 1 heterocycles. The number of hydrogen-bond donors (Lipinski definition) is 2. The standard InChI is InChI=1S/C6H10N4.NO3/c1-4-3-10(6(7)8)9-5(4)2;2-1(3)4/h3H,1-2H3,(H3,7,8);/q;-1/p+1. The number of rotatable bonds is 0. The van der Waals surface area contributed by atoms with Crippen molar-refractivity contribution in [3.63, 3.8) is 0 Å². The molecule has 1 aromatic rings. The molecule has 14 heavy (non-hydrogen) atoms. The van der Waals surface area contributed by atoms with Crippen molar-refractivity contribution in [3.05, 3.63) is 32.8 Å². The minimum absolute atomic E-state index is 0.205. The normalized spacial score (nSPS) is 8.71. The average Bonchev–Trinajstić information content (AvgIpc) is 2.31. The molecular weight excluding hydrogens is 190 g/mol. The third kappa shape index (κ3) is 4.04. The summed E-state index contributed by atoms with van der Waals surface area (Å²) in [6.45, 7) is 3.87. The lowest BCUT2D eigenvalue weighted by Crippen LogP contribution is -2.50. The molecule has 0 aromatic carbocycles. The van der Waals surface area contributed by atoms with Gasteiger partial charge in [0, 0.05) is 5.56 Å². The summed E-state index contributed by atoms with van der Waals surface area (Å²) < 4.78 is 1.46. The van der Waals surface area contributed by atoms with Crippen LogP contribution in [0.5, 0.6) is 0 Å². The first-order valence-corrected chi connectivity index (χ1v) is 3.57. The molecule has 1 aromatic heterocycles. The Morgan fingerprint density at radius 3 is 2.21 bits per heavy atom. The molecule has 4 N–H and O–H groups in total. The summed E-state index contributed by atoms with van der Waals surface area (Å²) >= 11 is 0. The van der Waals surface area contributed by atoms with Crippen molar-refractivity contribution >= 4 is 5.96 Å². The van der Waals surface area contributed by atoms with E-state index in [0.717, 1.165) is 11.3 Å². The van der Waals surface area contributed by atoms with Crippen molar-refractivity contribution in [2.24, 2.45) is 5.73 Å². The van der Waals surface area contributed by atoms with Crippen LogP contribution in [0.3, 0.4) is 0 Å². The molecule has 0 amide bonds. The van der Waals surface area contributed by atoms with Gasteiger partial charge in [0.2, 0.25) is 0 Å². The van der Waals surface area contributed by atoms with Gasteiger partial charge in [-0.15, -0.1) is 9.78 Å². The molecule has 8 heteroatoms. The topological polar surface area (TPSA) is 136 Å². The predicted molar refractivity (Wildman–Crippen MR) is 48.6 cm³/mol. The molecule has 0 radical (unpaired) electrons. The first-order valence-electron chi connectivity index (χ1n) is 3.57.